The van der Waals surface area contributed by atoms with Gasteiger partial charge >= 0.3 is 6.09 Å². The summed E-state index contributed by atoms with van der Waals surface area (Å²) in [6.07, 6.45) is 1.20. The maximum atomic E-state index is 12.1. The second-order valence-electron chi connectivity index (χ2n) is 7.26. The first kappa shape index (κ1) is 19.1. The topological polar surface area (TPSA) is 73.1 Å². The Morgan fingerprint density at radius 2 is 1.69 bits per heavy atom. The largest absolute Gasteiger partial charge is 0.450 e. The molecule has 3 aromatic rings. The molecule has 0 unspecified atom stereocenters. The number of aromatic nitrogens is 4. The second-order valence-corrected chi connectivity index (χ2v) is 7.26. The lowest BCUT2D eigenvalue weighted by molar-refractivity contribution is 0.0897. The molecule has 4 rings (SSSR count). The van der Waals surface area contributed by atoms with Crippen molar-refractivity contribution in [1.29, 1.82) is 0 Å². The Morgan fingerprint density at radius 3 is 2.34 bits per heavy atom. The van der Waals surface area contributed by atoms with Gasteiger partial charge in [-0.05, 0) is 36.1 Å². The van der Waals surface area contributed by atoms with Crippen LogP contribution in [-0.4, -0.2) is 50.9 Å². The van der Waals surface area contributed by atoms with Gasteiger partial charge in [0.15, 0.2) is 5.82 Å². The van der Waals surface area contributed by atoms with Gasteiger partial charge in [0.1, 0.15) is 0 Å². The van der Waals surface area contributed by atoms with E-state index in [1.54, 1.807) is 9.70 Å². The van der Waals surface area contributed by atoms with Gasteiger partial charge in [-0.3, -0.25) is 0 Å². The van der Waals surface area contributed by atoms with Crippen LogP contribution in [0.3, 0.4) is 0 Å². The van der Waals surface area contributed by atoms with Crippen molar-refractivity contribution in [2.24, 2.45) is 0 Å². The molecule has 150 valence electrons. The van der Waals surface area contributed by atoms with Crippen LogP contribution in [0.1, 0.15) is 36.7 Å². The van der Waals surface area contributed by atoms with Gasteiger partial charge in [-0.1, -0.05) is 60.7 Å². The van der Waals surface area contributed by atoms with E-state index in [1.807, 2.05) is 55.5 Å². The van der Waals surface area contributed by atoms with E-state index in [-0.39, 0.29) is 11.5 Å². The number of piperidine rings is 1. The number of likely N-dealkylation sites (tertiary alicyclic amines) is 1. The number of tetrazole rings is 1. The first-order valence-electron chi connectivity index (χ1n) is 10.0. The van der Waals surface area contributed by atoms with E-state index in [0.717, 1.165) is 24.0 Å². The number of benzene rings is 2. The van der Waals surface area contributed by atoms with Crippen molar-refractivity contribution in [2.75, 3.05) is 19.7 Å². The zero-order chi connectivity index (χ0) is 20.1. The number of carbonyl (C=O) groups excluding carboxylic acids is 1. The predicted molar refractivity (Wildman–Crippen MR) is 108 cm³/mol. The molecule has 0 spiro atoms. The molecule has 1 aromatic heterocycles. The second kappa shape index (κ2) is 8.43. The highest BCUT2D eigenvalue weighted by Crippen LogP contribution is 2.39. The Kier molecular flexibility index (Phi) is 5.55. The zero-order valence-corrected chi connectivity index (χ0v) is 16.6. The fourth-order valence-corrected chi connectivity index (χ4v) is 3.93. The molecule has 0 saturated carbocycles. The van der Waals surface area contributed by atoms with Crippen LogP contribution in [0.5, 0.6) is 0 Å². The molecular formula is C22H25N5O2. The van der Waals surface area contributed by atoms with Crippen LogP contribution in [0.2, 0.25) is 0 Å². The van der Waals surface area contributed by atoms with Crippen LogP contribution in [-0.2, 0) is 16.7 Å². The number of carbonyl (C=O) groups is 1. The van der Waals surface area contributed by atoms with E-state index in [0.29, 0.717) is 32.1 Å². The third-order valence-corrected chi connectivity index (χ3v) is 5.52. The van der Waals surface area contributed by atoms with Gasteiger partial charge in [0, 0.05) is 13.1 Å². The van der Waals surface area contributed by atoms with Crippen molar-refractivity contribution in [3.05, 3.63) is 77.6 Å². The van der Waals surface area contributed by atoms with E-state index in [4.69, 9.17) is 9.84 Å². The quantitative estimate of drug-likeness (QED) is 0.667. The van der Waals surface area contributed by atoms with Gasteiger partial charge in [0.2, 0.25) is 0 Å². The Bertz CT molecular complexity index is 934. The van der Waals surface area contributed by atoms with Crippen molar-refractivity contribution < 1.29 is 9.53 Å². The molecule has 2 heterocycles. The fraction of sp³-hybridized carbons (Fsp3) is 0.364. The minimum absolute atomic E-state index is 0.255. The maximum absolute atomic E-state index is 12.1. The van der Waals surface area contributed by atoms with Gasteiger partial charge < -0.3 is 9.64 Å². The summed E-state index contributed by atoms with van der Waals surface area (Å²) < 4.78 is 5.17. The molecule has 1 amide bonds. The average molecular weight is 391 g/mol. The highest BCUT2D eigenvalue weighted by Gasteiger charge is 2.42. The molecule has 1 aliphatic rings. The lowest BCUT2D eigenvalue weighted by Gasteiger charge is -2.39. The molecule has 1 saturated heterocycles. The minimum atomic E-state index is -0.362. The average Bonchev–Trinajstić information content (AvgIpc) is 3.24. The number of hydrogen-bond acceptors (Lipinski definition) is 5. The monoisotopic (exact) mass is 391 g/mol. The summed E-state index contributed by atoms with van der Waals surface area (Å²) >= 11 is 0. The van der Waals surface area contributed by atoms with E-state index in [1.165, 1.54) is 0 Å². The number of rotatable bonds is 5. The Morgan fingerprint density at radius 1 is 1.03 bits per heavy atom. The van der Waals surface area contributed by atoms with Crippen LogP contribution in [0, 0.1) is 0 Å². The van der Waals surface area contributed by atoms with Gasteiger partial charge in [-0.25, -0.2) is 4.79 Å². The van der Waals surface area contributed by atoms with Crippen molar-refractivity contribution >= 4 is 6.09 Å². The van der Waals surface area contributed by atoms with Crippen LogP contribution in [0.25, 0.3) is 0 Å². The van der Waals surface area contributed by atoms with Gasteiger partial charge in [0.05, 0.1) is 18.6 Å². The van der Waals surface area contributed by atoms with Crippen molar-refractivity contribution in [3.8, 4) is 0 Å². The third kappa shape index (κ3) is 3.99. The van der Waals surface area contributed by atoms with Crippen molar-refractivity contribution in [1.82, 2.24) is 25.1 Å². The molecular weight excluding hydrogens is 366 g/mol. The summed E-state index contributed by atoms with van der Waals surface area (Å²) in [5.41, 5.74) is 1.92. The Labute approximate surface area is 170 Å². The summed E-state index contributed by atoms with van der Waals surface area (Å²) in [7, 11) is 0. The molecule has 0 atom stereocenters. The number of amides is 1. The molecule has 0 N–H and O–H groups in total. The molecule has 7 heteroatoms. The zero-order valence-electron chi connectivity index (χ0n) is 16.6. The SMILES string of the molecule is CCOC(=O)N1CCC(c2ccccc2)(c2nnn(Cc3ccccc3)n2)CC1. The van der Waals surface area contributed by atoms with E-state index >= 15 is 0 Å². The Balaban J connectivity index is 1.60. The van der Waals surface area contributed by atoms with Crippen molar-refractivity contribution in [2.45, 2.75) is 31.7 Å². The lowest BCUT2D eigenvalue weighted by atomic mass is 9.72. The van der Waals surface area contributed by atoms with Gasteiger partial charge in [0.25, 0.3) is 0 Å². The van der Waals surface area contributed by atoms with Crippen LogP contribution in [0.15, 0.2) is 60.7 Å². The lowest BCUT2D eigenvalue weighted by Crippen LogP contribution is -2.46. The summed E-state index contributed by atoms with van der Waals surface area (Å²) in [6, 6.07) is 20.4. The number of hydrogen-bond donors (Lipinski definition) is 0. The minimum Gasteiger partial charge on any atom is -0.450 e. The molecule has 29 heavy (non-hydrogen) atoms. The summed E-state index contributed by atoms with van der Waals surface area (Å²) in [4.78, 5) is 15.6. The predicted octanol–water partition coefficient (Wildman–Crippen LogP) is 3.26. The first-order valence-corrected chi connectivity index (χ1v) is 10.0. The highest BCUT2D eigenvalue weighted by atomic mass is 16.6. The molecule has 0 bridgehead atoms. The Hall–Kier alpha value is -3.22. The molecule has 2 aromatic carbocycles. The molecule has 0 radical (unpaired) electrons. The van der Waals surface area contributed by atoms with E-state index in [2.05, 4.69) is 22.4 Å². The smallest absolute Gasteiger partial charge is 0.409 e. The number of ether oxygens (including phenoxy) is 1. The summed E-state index contributed by atoms with van der Waals surface area (Å²) in [5, 5.41) is 13.5. The molecule has 1 aliphatic heterocycles. The molecule has 7 nitrogen and oxygen atoms in total. The van der Waals surface area contributed by atoms with E-state index < -0.39 is 0 Å². The van der Waals surface area contributed by atoms with Crippen LogP contribution >= 0.6 is 0 Å². The highest BCUT2D eigenvalue weighted by molar-refractivity contribution is 5.67. The van der Waals surface area contributed by atoms with Crippen molar-refractivity contribution in [3.63, 3.8) is 0 Å². The van der Waals surface area contributed by atoms with Crippen LogP contribution in [0.4, 0.5) is 4.79 Å². The normalized spacial score (nSPS) is 15.8. The summed E-state index contributed by atoms with van der Waals surface area (Å²) in [5.74, 6) is 0.711. The summed E-state index contributed by atoms with van der Waals surface area (Å²) in [6.45, 7) is 3.98. The fourth-order valence-electron chi connectivity index (χ4n) is 3.93. The first-order chi connectivity index (χ1) is 14.2. The standard InChI is InChI=1S/C22H25N5O2/c1-2-29-21(28)26-15-13-22(14-16-26,19-11-7-4-8-12-19)20-23-25-27(24-20)17-18-9-5-3-6-10-18/h3-12H,2,13-17H2,1H3. The van der Waals surface area contributed by atoms with E-state index in [9.17, 15) is 4.79 Å². The van der Waals surface area contributed by atoms with Gasteiger partial charge in [-0.2, -0.15) is 4.80 Å². The molecule has 1 fully saturated rings. The molecule has 0 aliphatic carbocycles. The maximum Gasteiger partial charge on any atom is 0.409 e. The van der Waals surface area contributed by atoms with Gasteiger partial charge in [-0.15, -0.1) is 10.2 Å². The van der Waals surface area contributed by atoms with Crippen LogP contribution < -0.4 is 0 Å². The third-order valence-electron chi connectivity index (χ3n) is 5.52. The number of nitrogens with zero attached hydrogens (tertiary/aromatic N) is 5.